The smallest absolute Gasteiger partial charge is 0.0120 e. The summed E-state index contributed by atoms with van der Waals surface area (Å²) >= 11 is 1.54. The Bertz CT molecular complexity index is 329. The van der Waals surface area contributed by atoms with Crippen LogP contribution >= 0.6 is 11.8 Å². The van der Waals surface area contributed by atoms with Gasteiger partial charge in [-0.2, -0.15) is 0 Å². The Morgan fingerprint density at radius 2 is 2.15 bits per heavy atom. The third kappa shape index (κ3) is 2.67. The molecule has 1 nitrogen and oxygen atoms in total. The van der Waals surface area contributed by atoms with Crippen LogP contribution in [0.1, 0.15) is 11.1 Å². The van der Waals surface area contributed by atoms with Crippen LogP contribution in [0.3, 0.4) is 0 Å². The third-order valence-corrected chi connectivity index (χ3v) is 2.53. The van der Waals surface area contributed by atoms with E-state index in [2.05, 4.69) is 25.6 Å². The van der Waals surface area contributed by atoms with Crippen LogP contribution in [-0.2, 0) is 0 Å². The maximum Gasteiger partial charge on any atom is 0.0120 e. The summed E-state index contributed by atoms with van der Waals surface area (Å²) in [4.78, 5) is 1.03. The minimum Gasteiger partial charge on any atom is -0.404 e. The summed E-state index contributed by atoms with van der Waals surface area (Å²) < 4.78 is 0. The summed E-state index contributed by atoms with van der Waals surface area (Å²) in [6.07, 6.45) is 1.52. The van der Waals surface area contributed by atoms with Crippen molar-refractivity contribution >= 4 is 16.7 Å². The fourth-order valence-corrected chi connectivity index (χ4v) is 1.67. The molecule has 0 radical (unpaired) electrons. The highest BCUT2D eigenvalue weighted by Gasteiger charge is 1.99. The molecule has 1 rings (SSSR count). The van der Waals surface area contributed by atoms with Gasteiger partial charge in [0, 0.05) is 11.1 Å². The molecular weight excluding hydrogens is 178 g/mol. The van der Waals surface area contributed by atoms with E-state index in [9.17, 15) is 0 Å². The molecule has 0 bridgehead atoms. The number of nitrogens with two attached hydrogens (primary N) is 1. The summed E-state index contributed by atoms with van der Waals surface area (Å²) in [7, 11) is 0. The Labute approximate surface area is 83.3 Å². The average molecular weight is 191 g/mol. The van der Waals surface area contributed by atoms with Gasteiger partial charge in [-0.1, -0.05) is 42.6 Å². The Hall–Kier alpha value is -1.15. The molecule has 2 heteroatoms. The van der Waals surface area contributed by atoms with Gasteiger partial charge >= 0.3 is 0 Å². The zero-order chi connectivity index (χ0) is 9.68. The van der Waals surface area contributed by atoms with Gasteiger partial charge in [-0.25, -0.2) is 0 Å². The summed E-state index contributed by atoms with van der Waals surface area (Å²) in [5, 5.41) is 1.83. The third-order valence-electron chi connectivity index (χ3n) is 1.73. The summed E-state index contributed by atoms with van der Waals surface area (Å²) in [5.74, 6) is 0. The van der Waals surface area contributed by atoms with Crippen molar-refractivity contribution in [1.82, 2.24) is 0 Å². The number of rotatable bonds is 3. The minimum absolute atomic E-state index is 1.03. The Kier molecular flexibility index (Phi) is 3.65. The van der Waals surface area contributed by atoms with Crippen molar-refractivity contribution in [2.75, 3.05) is 0 Å². The predicted octanol–water partition coefficient (Wildman–Crippen LogP) is 3.13. The van der Waals surface area contributed by atoms with E-state index < -0.39 is 0 Å². The van der Waals surface area contributed by atoms with Gasteiger partial charge in [-0.05, 0) is 23.5 Å². The molecule has 0 saturated heterocycles. The van der Waals surface area contributed by atoms with E-state index in [1.54, 1.807) is 11.8 Å². The molecule has 13 heavy (non-hydrogen) atoms. The quantitative estimate of drug-likeness (QED) is 0.794. The van der Waals surface area contributed by atoms with Gasteiger partial charge in [0.1, 0.15) is 0 Å². The Balaban J connectivity index is 2.83. The molecule has 1 aromatic rings. The first-order chi connectivity index (χ1) is 6.25. The van der Waals surface area contributed by atoms with Crippen molar-refractivity contribution in [3.8, 4) is 0 Å². The summed E-state index contributed by atoms with van der Waals surface area (Å²) in [6.45, 7) is 6.06. The van der Waals surface area contributed by atoms with Gasteiger partial charge in [-0.15, -0.1) is 0 Å². The van der Waals surface area contributed by atoms with Gasteiger partial charge in [0.15, 0.2) is 0 Å². The second-order valence-corrected chi connectivity index (χ2v) is 3.69. The van der Waals surface area contributed by atoms with E-state index in [1.807, 2.05) is 17.5 Å². The number of hydrogen-bond donors (Lipinski definition) is 1. The van der Waals surface area contributed by atoms with Crippen LogP contribution in [0.4, 0.5) is 0 Å². The Morgan fingerprint density at radius 3 is 2.77 bits per heavy atom. The molecule has 0 unspecified atom stereocenters. The van der Waals surface area contributed by atoms with Gasteiger partial charge in [0.05, 0.1) is 0 Å². The van der Waals surface area contributed by atoms with Crippen molar-refractivity contribution < 1.29 is 0 Å². The molecule has 0 atom stereocenters. The lowest BCUT2D eigenvalue weighted by molar-refractivity contribution is 1.44. The number of aryl methyl sites for hydroxylation is 1. The van der Waals surface area contributed by atoms with Crippen molar-refractivity contribution in [2.45, 2.75) is 6.92 Å². The van der Waals surface area contributed by atoms with Crippen molar-refractivity contribution in [2.24, 2.45) is 5.73 Å². The molecule has 1 aromatic carbocycles. The van der Waals surface area contributed by atoms with Gasteiger partial charge in [0.25, 0.3) is 0 Å². The van der Waals surface area contributed by atoms with E-state index in [0.29, 0.717) is 0 Å². The van der Waals surface area contributed by atoms with Crippen LogP contribution in [0.5, 0.6) is 0 Å². The second-order valence-electron chi connectivity index (χ2n) is 2.68. The fourth-order valence-electron chi connectivity index (χ4n) is 1.07. The van der Waals surface area contributed by atoms with Gasteiger partial charge in [0.2, 0.25) is 0 Å². The van der Waals surface area contributed by atoms with Gasteiger partial charge in [-0.3, -0.25) is 0 Å². The van der Waals surface area contributed by atoms with E-state index >= 15 is 0 Å². The van der Waals surface area contributed by atoms with Crippen LogP contribution in [0, 0.1) is 6.92 Å². The monoisotopic (exact) mass is 191 g/mol. The lowest BCUT2D eigenvalue weighted by Gasteiger charge is -2.05. The molecule has 0 spiro atoms. The summed E-state index contributed by atoms with van der Waals surface area (Å²) in [6, 6.07) is 8.18. The van der Waals surface area contributed by atoms with Crippen LogP contribution in [0.15, 0.2) is 42.5 Å². The molecule has 68 valence electrons. The van der Waals surface area contributed by atoms with Crippen molar-refractivity contribution in [3.63, 3.8) is 0 Å². The zero-order valence-corrected chi connectivity index (χ0v) is 8.47. The van der Waals surface area contributed by atoms with E-state index in [4.69, 9.17) is 5.73 Å². The van der Waals surface area contributed by atoms with Crippen LogP contribution < -0.4 is 5.73 Å². The van der Waals surface area contributed by atoms with E-state index in [0.717, 1.165) is 4.91 Å². The molecular formula is C11H13NS. The summed E-state index contributed by atoms with van der Waals surface area (Å²) in [5.41, 5.74) is 7.68. The topological polar surface area (TPSA) is 26.0 Å². The molecule has 0 aliphatic rings. The molecule has 0 amide bonds. The first kappa shape index (κ1) is 9.93. The highest BCUT2D eigenvalue weighted by Crippen LogP contribution is 2.28. The maximum atomic E-state index is 5.25. The molecule has 0 aliphatic carbocycles. The second kappa shape index (κ2) is 4.77. The maximum absolute atomic E-state index is 5.25. The first-order valence-electron chi connectivity index (χ1n) is 4.04. The van der Waals surface area contributed by atoms with Crippen molar-refractivity contribution in [3.05, 3.63) is 53.6 Å². The van der Waals surface area contributed by atoms with Crippen LogP contribution in [-0.4, -0.2) is 0 Å². The molecule has 0 aliphatic heterocycles. The number of benzene rings is 1. The fraction of sp³-hybridized carbons (Fsp3) is 0.0909. The van der Waals surface area contributed by atoms with Crippen LogP contribution in [0.25, 0.3) is 4.91 Å². The average Bonchev–Trinajstić information content (AvgIpc) is 2.15. The largest absolute Gasteiger partial charge is 0.404 e. The lowest BCUT2D eigenvalue weighted by atomic mass is 10.1. The minimum atomic E-state index is 1.03. The van der Waals surface area contributed by atoms with Crippen LogP contribution in [0.2, 0.25) is 0 Å². The number of thioether (sulfide) groups is 1. The van der Waals surface area contributed by atoms with E-state index in [-0.39, 0.29) is 0 Å². The number of hydrogen-bond acceptors (Lipinski definition) is 2. The lowest BCUT2D eigenvalue weighted by Crippen LogP contribution is -1.82. The molecule has 0 aromatic heterocycles. The highest BCUT2D eigenvalue weighted by molar-refractivity contribution is 8.10. The normalized spacial score (nSPS) is 10.5. The highest BCUT2D eigenvalue weighted by atomic mass is 32.2. The molecule has 0 heterocycles. The SMILES string of the molecule is C=C(S/C=C\N)c1ccccc1C. The predicted molar refractivity (Wildman–Crippen MR) is 61.1 cm³/mol. The van der Waals surface area contributed by atoms with Gasteiger partial charge < -0.3 is 5.73 Å². The molecule has 0 fully saturated rings. The zero-order valence-electron chi connectivity index (χ0n) is 7.66. The molecule has 0 saturated carbocycles. The van der Waals surface area contributed by atoms with E-state index in [1.165, 1.54) is 17.3 Å². The standard InChI is InChI=1S/C11H13NS/c1-9-5-3-4-6-11(9)10(2)13-8-7-12/h3-8H,2,12H2,1H3/b8-7-. The Morgan fingerprint density at radius 1 is 1.46 bits per heavy atom. The molecule has 2 N–H and O–H groups in total. The van der Waals surface area contributed by atoms with Crippen molar-refractivity contribution in [1.29, 1.82) is 0 Å². The first-order valence-corrected chi connectivity index (χ1v) is 4.92.